The molecule has 1 heteroatoms. The molecular formula is C9H18O. The Hall–Kier alpha value is -0.0400. The minimum absolute atomic E-state index is 0.192. The van der Waals surface area contributed by atoms with Crippen LogP contribution in [0.25, 0.3) is 0 Å². The van der Waals surface area contributed by atoms with E-state index in [0.29, 0.717) is 0 Å². The monoisotopic (exact) mass is 142 g/mol. The first-order valence-corrected chi connectivity index (χ1v) is 4.21. The standard InChI is InChI=1S/C9H18O/c1-8-5-4-6-9(2,7-8)10-3/h8H,4-7H2,1-3H3/t8-,9-/m1/s1. The van der Waals surface area contributed by atoms with Crippen molar-refractivity contribution < 1.29 is 4.74 Å². The number of hydrogen-bond donors (Lipinski definition) is 0. The number of ether oxygens (including phenoxy) is 1. The molecule has 0 amide bonds. The van der Waals surface area contributed by atoms with Crippen LogP contribution in [0, 0.1) is 5.92 Å². The molecule has 1 saturated carbocycles. The topological polar surface area (TPSA) is 9.23 Å². The zero-order valence-electron chi connectivity index (χ0n) is 7.31. The second-order valence-corrected chi connectivity index (χ2v) is 3.86. The summed E-state index contributed by atoms with van der Waals surface area (Å²) in [6, 6.07) is 0. The lowest BCUT2D eigenvalue weighted by atomic mass is 9.80. The van der Waals surface area contributed by atoms with Gasteiger partial charge >= 0.3 is 0 Å². The lowest BCUT2D eigenvalue weighted by Gasteiger charge is -2.35. The fraction of sp³-hybridized carbons (Fsp3) is 1.00. The molecule has 1 aliphatic carbocycles. The Bertz CT molecular complexity index is 111. The van der Waals surface area contributed by atoms with Crippen LogP contribution in [0.2, 0.25) is 0 Å². The third kappa shape index (κ3) is 1.72. The minimum atomic E-state index is 0.192. The molecule has 60 valence electrons. The van der Waals surface area contributed by atoms with Crippen LogP contribution in [-0.4, -0.2) is 12.7 Å². The molecular weight excluding hydrogens is 124 g/mol. The van der Waals surface area contributed by atoms with E-state index < -0.39 is 0 Å². The third-order valence-electron chi connectivity index (χ3n) is 2.68. The zero-order chi connectivity index (χ0) is 7.61. The SMILES string of the molecule is CO[C@]1(C)CCC[C@@H](C)C1. The van der Waals surface area contributed by atoms with E-state index in [1.54, 1.807) is 0 Å². The second-order valence-electron chi connectivity index (χ2n) is 3.86. The van der Waals surface area contributed by atoms with Gasteiger partial charge in [0.15, 0.2) is 0 Å². The number of rotatable bonds is 1. The molecule has 0 bridgehead atoms. The van der Waals surface area contributed by atoms with Gasteiger partial charge in [0.05, 0.1) is 5.60 Å². The molecule has 1 aliphatic rings. The Labute approximate surface area is 63.8 Å². The van der Waals surface area contributed by atoms with E-state index >= 15 is 0 Å². The van der Waals surface area contributed by atoms with Gasteiger partial charge in [-0.1, -0.05) is 19.8 Å². The normalized spacial score (nSPS) is 41.7. The van der Waals surface area contributed by atoms with Crippen LogP contribution in [0.5, 0.6) is 0 Å². The highest BCUT2D eigenvalue weighted by Crippen LogP contribution is 2.33. The maximum absolute atomic E-state index is 5.45. The van der Waals surface area contributed by atoms with Gasteiger partial charge < -0.3 is 4.74 Å². The number of hydrogen-bond acceptors (Lipinski definition) is 1. The molecule has 1 rings (SSSR count). The molecule has 0 spiro atoms. The molecule has 0 unspecified atom stereocenters. The number of methoxy groups -OCH3 is 1. The first-order chi connectivity index (χ1) is 4.66. The largest absolute Gasteiger partial charge is 0.379 e. The highest BCUT2D eigenvalue weighted by atomic mass is 16.5. The average Bonchev–Trinajstić information content (AvgIpc) is 1.88. The lowest BCUT2D eigenvalue weighted by molar-refractivity contribution is -0.0369. The molecule has 2 atom stereocenters. The van der Waals surface area contributed by atoms with Crippen molar-refractivity contribution in [1.82, 2.24) is 0 Å². The Morgan fingerprint density at radius 1 is 1.50 bits per heavy atom. The highest BCUT2D eigenvalue weighted by Gasteiger charge is 2.29. The summed E-state index contributed by atoms with van der Waals surface area (Å²) in [4.78, 5) is 0. The fourth-order valence-electron chi connectivity index (χ4n) is 1.95. The Balaban J connectivity index is 2.45. The van der Waals surface area contributed by atoms with Crippen LogP contribution in [0.15, 0.2) is 0 Å². The molecule has 1 nitrogen and oxygen atoms in total. The third-order valence-corrected chi connectivity index (χ3v) is 2.68. The second kappa shape index (κ2) is 2.91. The molecule has 0 heterocycles. The van der Waals surface area contributed by atoms with E-state index in [2.05, 4.69) is 13.8 Å². The Morgan fingerprint density at radius 3 is 2.60 bits per heavy atom. The summed E-state index contributed by atoms with van der Waals surface area (Å²) in [5.74, 6) is 0.860. The average molecular weight is 142 g/mol. The maximum Gasteiger partial charge on any atom is 0.0653 e. The van der Waals surface area contributed by atoms with Gasteiger partial charge in [-0.15, -0.1) is 0 Å². The Morgan fingerprint density at radius 2 is 2.20 bits per heavy atom. The summed E-state index contributed by atoms with van der Waals surface area (Å²) in [5, 5.41) is 0. The summed E-state index contributed by atoms with van der Waals surface area (Å²) in [6.07, 6.45) is 5.21. The summed E-state index contributed by atoms with van der Waals surface area (Å²) in [5.41, 5.74) is 0.192. The van der Waals surface area contributed by atoms with Gasteiger partial charge in [-0.05, 0) is 25.7 Å². The van der Waals surface area contributed by atoms with E-state index in [1.165, 1.54) is 25.7 Å². The summed E-state index contributed by atoms with van der Waals surface area (Å²) in [6.45, 7) is 4.54. The fourth-order valence-corrected chi connectivity index (χ4v) is 1.95. The van der Waals surface area contributed by atoms with Crippen LogP contribution in [0.1, 0.15) is 39.5 Å². The molecule has 10 heavy (non-hydrogen) atoms. The van der Waals surface area contributed by atoms with Crippen molar-refractivity contribution >= 4 is 0 Å². The van der Waals surface area contributed by atoms with E-state index in [9.17, 15) is 0 Å². The van der Waals surface area contributed by atoms with Crippen molar-refractivity contribution in [2.24, 2.45) is 5.92 Å². The van der Waals surface area contributed by atoms with Crippen LogP contribution in [0.4, 0.5) is 0 Å². The van der Waals surface area contributed by atoms with Crippen LogP contribution in [0.3, 0.4) is 0 Å². The van der Waals surface area contributed by atoms with Gasteiger partial charge in [0, 0.05) is 7.11 Å². The molecule has 0 saturated heterocycles. The van der Waals surface area contributed by atoms with Gasteiger partial charge in [-0.3, -0.25) is 0 Å². The van der Waals surface area contributed by atoms with E-state index in [4.69, 9.17) is 4.74 Å². The Kier molecular flexibility index (Phi) is 2.35. The molecule has 0 aromatic rings. The van der Waals surface area contributed by atoms with E-state index in [-0.39, 0.29) is 5.60 Å². The van der Waals surface area contributed by atoms with Gasteiger partial charge in [-0.2, -0.15) is 0 Å². The van der Waals surface area contributed by atoms with Gasteiger partial charge in [0.1, 0.15) is 0 Å². The zero-order valence-corrected chi connectivity index (χ0v) is 7.31. The minimum Gasteiger partial charge on any atom is -0.379 e. The predicted octanol–water partition coefficient (Wildman–Crippen LogP) is 2.60. The van der Waals surface area contributed by atoms with Gasteiger partial charge in [0.2, 0.25) is 0 Å². The van der Waals surface area contributed by atoms with Crippen molar-refractivity contribution in [1.29, 1.82) is 0 Å². The van der Waals surface area contributed by atoms with E-state index in [1.807, 2.05) is 7.11 Å². The molecule has 1 fully saturated rings. The van der Waals surface area contributed by atoms with Crippen LogP contribution in [-0.2, 0) is 4.74 Å². The van der Waals surface area contributed by atoms with Crippen LogP contribution >= 0.6 is 0 Å². The molecule has 0 aliphatic heterocycles. The quantitative estimate of drug-likeness (QED) is 0.547. The van der Waals surface area contributed by atoms with Crippen LogP contribution < -0.4 is 0 Å². The molecule has 0 aromatic heterocycles. The summed E-state index contributed by atoms with van der Waals surface area (Å²) >= 11 is 0. The predicted molar refractivity (Wildman–Crippen MR) is 43.0 cm³/mol. The van der Waals surface area contributed by atoms with Gasteiger partial charge in [0.25, 0.3) is 0 Å². The lowest BCUT2D eigenvalue weighted by Crippen LogP contribution is -2.33. The smallest absolute Gasteiger partial charge is 0.0653 e. The molecule has 0 radical (unpaired) electrons. The van der Waals surface area contributed by atoms with Crippen molar-refractivity contribution in [2.75, 3.05) is 7.11 Å². The first kappa shape index (κ1) is 8.06. The highest BCUT2D eigenvalue weighted by molar-refractivity contribution is 4.81. The summed E-state index contributed by atoms with van der Waals surface area (Å²) in [7, 11) is 1.83. The maximum atomic E-state index is 5.45. The van der Waals surface area contributed by atoms with Crippen molar-refractivity contribution in [2.45, 2.75) is 45.1 Å². The molecule has 0 aromatic carbocycles. The van der Waals surface area contributed by atoms with Crippen molar-refractivity contribution in [3.05, 3.63) is 0 Å². The van der Waals surface area contributed by atoms with Gasteiger partial charge in [-0.25, -0.2) is 0 Å². The van der Waals surface area contributed by atoms with E-state index in [0.717, 1.165) is 5.92 Å². The van der Waals surface area contributed by atoms with Crippen molar-refractivity contribution in [3.8, 4) is 0 Å². The molecule has 0 N–H and O–H groups in total. The first-order valence-electron chi connectivity index (χ1n) is 4.21. The summed E-state index contributed by atoms with van der Waals surface area (Å²) < 4.78 is 5.45. The van der Waals surface area contributed by atoms with Crippen molar-refractivity contribution in [3.63, 3.8) is 0 Å².